The fourth-order valence-electron chi connectivity index (χ4n) is 2.20. The summed E-state index contributed by atoms with van der Waals surface area (Å²) in [6, 6.07) is 15.5. The Morgan fingerprint density at radius 3 is 2.38 bits per heavy atom. The first-order valence-electron chi connectivity index (χ1n) is 6.28. The average molecular weight is 281 g/mol. The molecular formula is C16H11NO4. The summed E-state index contributed by atoms with van der Waals surface area (Å²) in [6.45, 7) is 0. The highest BCUT2D eigenvalue weighted by Gasteiger charge is 2.21. The van der Waals surface area contributed by atoms with Crippen LogP contribution >= 0.6 is 0 Å². The molecule has 1 amide bonds. The Bertz CT molecular complexity index is 868. The highest BCUT2D eigenvalue weighted by Crippen LogP contribution is 2.25. The number of amides is 1. The van der Waals surface area contributed by atoms with Crippen LogP contribution in [0, 0.1) is 0 Å². The highest BCUT2D eigenvalue weighted by molar-refractivity contribution is 6.01. The van der Waals surface area contributed by atoms with Crippen LogP contribution in [0.15, 0.2) is 63.8 Å². The van der Waals surface area contributed by atoms with Crippen LogP contribution in [0.4, 0.5) is 0 Å². The molecule has 104 valence electrons. The molecule has 0 unspecified atom stereocenters. The van der Waals surface area contributed by atoms with E-state index in [0.717, 1.165) is 0 Å². The molecule has 0 spiro atoms. The van der Waals surface area contributed by atoms with E-state index in [4.69, 9.17) is 9.62 Å². The van der Waals surface area contributed by atoms with Crippen molar-refractivity contribution in [2.24, 2.45) is 0 Å². The molecule has 0 atom stereocenters. The third kappa shape index (κ3) is 2.19. The lowest BCUT2D eigenvalue weighted by molar-refractivity contribution is 0.0704. The number of fused-ring (bicyclic) bond motifs is 1. The molecule has 0 saturated heterocycles. The second kappa shape index (κ2) is 5.22. The summed E-state index contributed by atoms with van der Waals surface area (Å²) in [7, 11) is 0. The van der Waals surface area contributed by atoms with Crippen molar-refractivity contribution in [2.75, 3.05) is 0 Å². The monoisotopic (exact) mass is 281 g/mol. The summed E-state index contributed by atoms with van der Waals surface area (Å²) >= 11 is 0. The zero-order chi connectivity index (χ0) is 14.8. The Morgan fingerprint density at radius 2 is 1.67 bits per heavy atom. The number of hydroxylamine groups is 1. The molecule has 21 heavy (non-hydrogen) atoms. The third-order valence-corrected chi connectivity index (χ3v) is 3.16. The fraction of sp³-hybridized carbons (Fsp3) is 0. The minimum atomic E-state index is -0.895. The first kappa shape index (κ1) is 13.1. The van der Waals surface area contributed by atoms with Crippen LogP contribution in [0.2, 0.25) is 0 Å². The van der Waals surface area contributed by atoms with E-state index in [2.05, 4.69) is 0 Å². The lowest BCUT2D eigenvalue weighted by Gasteiger charge is -2.08. The second-order valence-corrected chi connectivity index (χ2v) is 4.44. The van der Waals surface area contributed by atoms with Crippen molar-refractivity contribution in [1.82, 2.24) is 5.48 Å². The van der Waals surface area contributed by atoms with E-state index in [1.807, 2.05) is 6.07 Å². The van der Waals surface area contributed by atoms with Crippen molar-refractivity contribution in [3.05, 3.63) is 70.4 Å². The molecule has 0 saturated carbocycles. The van der Waals surface area contributed by atoms with Gasteiger partial charge in [-0.2, -0.15) is 0 Å². The number of para-hydroxylation sites is 1. The van der Waals surface area contributed by atoms with Gasteiger partial charge in [0.2, 0.25) is 5.43 Å². The van der Waals surface area contributed by atoms with Crippen molar-refractivity contribution in [3.8, 4) is 11.3 Å². The summed E-state index contributed by atoms with van der Waals surface area (Å²) in [5, 5.41) is 9.16. The van der Waals surface area contributed by atoms with Gasteiger partial charge in [0.15, 0.2) is 5.76 Å². The van der Waals surface area contributed by atoms with Crippen LogP contribution in [0.1, 0.15) is 10.4 Å². The molecular weight excluding hydrogens is 270 g/mol. The van der Waals surface area contributed by atoms with Gasteiger partial charge >= 0.3 is 0 Å². The Balaban J connectivity index is 2.42. The van der Waals surface area contributed by atoms with E-state index >= 15 is 0 Å². The van der Waals surface area contributed by atoms with Crippen LogP contribution in [0.5, 0.6) is 0 Å². The van der Waals surface area contributed by atoms with E-state index in [1.165, 1.54) is 5.48 Å². The van der Waals surface area contributed by atoms with Gasteiger partial charge in [0, 0.05) is 5.56 Å². The molecule has 0 bridgehead atoms. The molecule has 5 heteroatoms. The van der Waals surface area contributed by atoms with Gasteiger partial charge in [-0.05, 0) is 12.1 Å². The summed E-state index contributed by atoms with van der Waals surface area (Å²) in [4.78, 5) is 24.3. The maximum Gasteiger partial charge on any atom is 0.282 e. The second-order valence-electron chi connectivity index (χ2n) is 4.44. The van der Waals surface area contributed by atoms with Crippen molar-refractivity contribution in [3.63, 3.8) is 0 Å². The maximum atomic E-state index is 12.5. The van der Waals surface area contributed by atoms with Crippen LogP contribution < -0.4 is 10.9 Å². The molecule has 0 aliphatic rings. The highest BCUT2D eigenvalue weighted by atomic mass is 16.5. The summed E-state index contributed by atoms with van der Waals surface area (Å²) in [5.74, 6) is -0.765. The number of carbonyl (C=O) groups excluding carboxylic acids is 1. The first-order chi connectivity index (χ1) is 10.2. The smallest absolute Gasteiger partial charge is 0.282 e. The molecule has 0 fully saturated rings. The standard InChI is InChI=1S/C16H11NO4/c18-14-11-8-4-5-9-12(11)21-15(13(14)16(19)17-20)10-6-2-1-3-7-10/h1-9,20H,(H,17,19). The Kier molecular flexibility index (Phi) is 3.25. The zero-order valence-electron chi connectivity index (χ0n) is 10.9. The van der Waals surface area contributed by atoms with Gasteiger partial charge in [0.25, 0.3) is 5.91 Å². The van der Waals surface area contributed by atoms with Gasteiger partial charge in [0.1, 0.15) is 11.1 Å². The summed E-state index contributed by atoms with van der Waals surface area (Å²) < 4.78 is 5.71. The summed E-state index contributed by atoms with van der Waals surface area (Å²) in [5.41, 5.74) is 1.76. The first-order valence-corrected chi connectivity index (χ1v) is 6.28. The van der Waals surface area contributed by atoms with Crippen LogP contribution in [0.3, 0.4) is 0 Å². The number of rotatable bonds is 2. The van der Waals surface area contributed by atoms with Gasteiger partial charge in [-0.25, -0.2) is 5.48 Å². The van der Waals surface area contributed by atoms with E-state index in [9.17, 15) is 9.59 Å². The van der Waals surface area contributed by atoms with Gasteiger partial charge in [-0.3, -0.25) is 14.8 Å². The molecule has 2 N–H and O–H groups in total. The van der Waals surface area contributed by atoms with E-state index in [-0.39, 0.29) is 16.7 Å². The van der Waals surface area contributed by atoms with Gasteiger partial charge in [-0.15, -0.1) is 0 Å². The molecule has 0 aliphatic heterocycles. The molecule has 1 aromatic heterocycles. The number of nitrogens with one attached hydrogen (secondary N) is 1. The predicted molar refractivity (Wildman–Crippen MR) is 77.2 cm³/mol. The lowest BCUT2D eigenvalue weighted by Crippen LogP contribution is -2.26. The van der Waals surface area contributed by atoms with Crippen molar-refractivity contribution >= 4 is 16.9 Å². The fourth-order valence-corrected chi connectivity index (χ4v) is 2.20. The number of benzene rings is 2. The largest absolute Gasteiger partial charge is 0.455 e. The quantitative estimate of drug-likeness (QED) is 0.559. The molecule has 5 nitrogen and oxygen atoms in total. The number of hydrogen-bond donors (Lipinski definition) is 2. The normalized spacial score (nSPS) is 10.5. The molecule has 2 aromatic carbocycles. The van der Waals surface area contributed by atoms with E-state index in [0.29, 0.717) is 11.1 Å². The third-order valence-electron chi connectivity index (χ3n) is 3.16. The van der Waals surface area contributed by atoms with Crippen LogP contribution in [-0.2, 0) is 0 Å². The lowest BCUT2D eigenvalue weighted by atomic mass is 10.0. The number of hydrogen-bond acceptors (Lipinski definition) is 4. The minimum absolute atomic E-state index is 0.130. The van der Waals surface area contributed by atoms with Gasteiger partial charge in [0.05, 0.1) is 5.39 Å². The Hall–Kier alpha value is -2.92. The Labute approximate surface area is 119 Å². The van der Waals surface area contributed by atoms with Gasteiger partial charge < -0.3 is 4.42 Å². The van der Waals surface area contributed by atoms with Crippen LogP contribution in [0.25, 0.3) is 22.3 Å². The van der Waals surface area contributed by atoms with Crippen LogP contribution in [-0.4, -0.2) is 11.1 Å². The average Bonchev–Trinajstić information content (AvgIpc) is 2.55. The predicted octanol–water partition coefficient (Wildman–Crippen LogP) is 2.58. The maximum absolute atomic E-state index is 12.5. The molecule has 3 aromatic rings. The van der Waals surface area contributed by atoms with Crippen molar-refractivity contribution in [2.45, 2.75) is 0 Å². The Morgan fingerprint density at radius 1 is 1.00 bits per heavy atom. The minimum Gasteiger partial charge on any atom is -0.455 e. The molecule has 3 rings (SSSR count). The topological polar surface area (TPSA) is 79.5 Å². The SMILES string of the molecule is O=C(NO)c1c(-c2ccccc2)oc2ccccc2c1=O. The van der Waals surface area contributed by atoms with Crippen molar-refractivity contribution < 1.29 is 14.4 Å². The molecule has 1 heterocycles. The molecule has 0 aliphatic carbocycles. The van der Waals surface area contributed by atoms with E-state index < -0.39 is 11.3 Å². The molecule has 0 radical (unpaired) electrons. The van der Waals surface area contributed by atoms with Gasteiger partial charge in [-0.1, -0.05) is 42.5 Å². The summed E-state index contributed by atoms with van der Waals surface area (Å²) in [6.07, 6.45) is 0. The number of carbonyl (C=O) groups is 1. The zero-order valence-corrected chi connectivity index (χ0v) is 10.9. The van der Waals surface area contributed by atoms with Crippen molar-refractivity contribution in [1.29, 1.82) is 0 Å². The van der Waals surface area contributed by atoms with E-state index in [1.54, 1.807) is 48.5 Å².